The van der Waals surface area contributed by atoms with Crippen LogP contribution in [0.1, 0.15) is 40.0 Å². The minimum atomic E-state index is -4.09. The highest BCUT2D eigenvalue weighted by atomic mass is 19.4. The maximum absolute atomic E-state index is 12.0. The molecule has 0 heterocycles. The molecule has 1 aliphatic rings. The van der Waals surface area contributed by atoms with E-state index in [-0.39, 0.29) is 11.5 Å². The average molecular weight is 223 g/mol. The van der Waals surface area contributed by atoms with E-state index in [0.29, 0.717) is 5.92 Å². The van der Waals surface area contributed by atoms with Gasteiger partial charge in [0.2, 0.25) is 0 Å². The number of hydrogen-bond acceptors (Lipinski definition) is 1. The van der Waals surface area contributed by atoms with Crippen LogP contribution in [0.25, 0.3) is 0 Å². The lowest BCUT2D eigenvalue weighted by molar-refractivity contribution is -0.127. The third kappa shape index (κ3) is 4.41. The van der Waals surface area contributed by atoms with Crippen molar-refractivity contribution in [2.75, 3.05) is 6.54 Å². The van der Waals surface area contributed by atoms with Crippen LogP contribution in [0.4, 0.5) is 13.2 Å². The summed E-state index contributed by atoms with van der Waals surface area (Å²) in [7, 11) is 0. The van der Waals surface area contributed by atoms with Crippen molar-refractivity contribution >= 4 is 0 Å². The highest BCUT2D eigenvalue weighted by Crippen LogP contribution is 2.38. The molecule has 15 heavy (non-hydrogen) atoms. The molecule has 1 nitrogen and oxygen atoms in total. The second kappa shape index (κ2) is 4.32. The van der Waals surface area contributed by atoms with Crippen molar-refractivity contribution in [3.8, 4) is 0 Å². The molecule has 0 aromatic rings. The Bertz CT molecular complexity index is 210. The van der Waals surface area contributed by atoms with Gasteiger partial charge < -0.3 is 5.32 Å². The van der Waals surface area contributed by atoms with Crippen LogP contribution >= 0.6 is 0 Å². The summed E-state index contributed by atoms with van der Waals surface area (Å²) < 4.78 is 36.1. The molecule has 90 valence electrons. The van der Waals surface area contributed by atoms with Gasteiger partial charge in [0.1, 0.15) is 0 Å². The minimum absolute atomic E-state index is 0.0275. The fraction of sp³-hybridized carbons (Fsp3) is 1.00. The molecule has 0 radical (unpaired) electrons. The Labute approximate surface area is 89.4 Å². The summed E-state index contributed by atoms with van der Waals surface area (Å²) in [6.07, 6.45) is -1.23. The molecule has 2 atom stereocenters. The zero-order valence-corrected chi connectivity index (χ0v) is 9.62. The molecule has 4 heteroatoms. The predicted octanol–water partition coefficient (Wildman–Crippen LogP) is 3.35. The maximum Gasteiger partial charge on any atom is 0.401 e. The van der Waals surface area contributed by atoms with E-state index in [1.165, 1.54) is 0 Å². The highest BCUT2D eigenvalue weighted by Gasteiger charge is 2.34. The third-order valence-electron chi connectivity index (χ3n) is 3.26. The molecule has 0 aromatic heterocycles. The van der Waals surface area contributed by atoms with Crippen LogP contribution in [0, 0.1) is 11.3 Å². The van der Waals surface area contributed by atoms with Crippen LogP contribution in [-0.4, -0.2) is 18.8 Å². The quantitative estimate of drug-likeness (QED) is 0.757. The van der Waals surface area contributed by atoms with E-state index in [2.05, 4.69) is 19.2 Å². The molecular formula is C11H20F3N. The van der Waals surface area contributed by atoms with Gasteiger partial charge in [-0.1, -0.05) is 20.8 Å². The van der Waals surface area contributed by atoms with Gasteiger partial charge in [0, 0.05) is 6.04 Å². The predicted molar refractivity (Wildman–Crippen MR) is 54.6 cm³/mol. The lowest BCUT2D eigenvalue weighted by Gasteiger charge is -2.39. The van der Waals surface area contributed by atoms with E-state index in [9.17, 15) is 13.2 Å². The molecule has 0 bridgehead atoms. The molecule has 1 saturated carbocycles. The number of hydrogen-bond donors (Lipinski definition) is 1. The Morgan fingerprint density at radius 1 is 1.33 bits per heavy atom. The average Bonchev–Trinajstić information content (AvgIpc) is 1.99. The van der Waals surface area contributed by atoms with Crippen molar-refractivity contribution in [1.82, 2.24) is 5.32 Å². The van der Waals surface area contributed by atoms with Crippen molar-refractivity contribution in [2.24, 2.45) is 11.3 Å². The first-order chi connectivity index (χ1) is 6.70. The Balaban J connectivity index is 2.39. The highest BCUT2D eigenvalue weighted by molar-refractivity contribution is 4.87. The molecule has 2 unspecified atom stereocenters. The first-order valence-electron chi connectivity index (χ1n) is 5.50. The molecule has 0 aliphatic heterocycles. The van der Waals surface area contributed by atoms with E-state index in [0.717, 1.165) is 19.3 Å². The lowest BCUT2D eigenvalue weighted by Crippen LogP contribution is -2.45. The van der Waals surface area contributed by atoms with Gasteiger partial charge >= 0.3 is 6.18 Å². The van der Waals surface area contributed by atoms with Gasteiger partial charge in [0.05, 0.1) is 6.54 Å². The number of rotatable bonds is 2. The van der Waals surface area contributed by atoms with Crippen molar-refractivity contribution in [3.63, 3.8) is 0 Å². The van der Waals surface area contributed by atoms with Crippen LogP contribution in [-0.2, 0) is 0 Å². The smallest absolute Gasteiger partial charge is 0.306 e. The largest absolute Gasteiger partial charge is 0.401 e. The molecule has 0 amide bonds. The van der Waals surface area contributed by atoms with Crippen LogP contribution in [0.5, 0.6) is 0 Å². The molecule has 1 N–H and O–H groups in total. The van der Waals surface area contributed by atoms with Gasteiger partial charge in [0.25, 0.3) is 0 Å². The van der Waals surface area contributed by atoms with Gasteiger partial charge in [-0.3, -0.25) is 0 Å². The standard InChI is InChI=1S/C11H20F3N/c1-8-6-10(2,3)5-4-9(8)15-7-11(12,13)14/h8-9,15H,4-7H2,1-3H3. The van der Waals surface area contributed by atoms with E-state index >= 15 is 0 Å². The molecule has 0 saturated heterocycles. The zero-order chi connectivity index (χ0) is 11.7. The Hall–Kier alpha value is -0.250. The first-order valence-corrected chi connectivity index (χ1v) is 5.50. The van der Waals surface area contributed by atoms with Crippen LogP contribution in [0.15, 0.2) is 0 Å². The van der Waals surface area contributed by atoms with Crippen molar-refractivity contribution in [1.29, 1.82) is 0 Å². The fourth-order valence-corrected chi connectivity index (χ4v) is 2.50. The normalized spacial score (nSPS) is 31.6. The van der Waals surface area contributed by atoms with Crippen LogP contribution in [0.2, 0.25) is 0 Å². The number of nitrogens with one attached hydrogen (secondary N) is 1. The molecule has 1 aliphatic carbocycles. The minimum Gasteiger partial charge on any atom is -0.306 e. The second-order valence-corrected chi connectivity index (χ2v) is 5.49. The van der Waals surface area contributed by atoms with Crippen LogP contribution < -0.4 is 5.32 Å². The van der Waals surface area contributed by atoms with Crippen molar-refractivity contribution in [3.05, 3.63) is 0 Å². The van der Waals surface area contributed by atoms with E-state index in [1.807, 2.05) is 6.92 Å². The summed E-state index contributed by atoms with van der Waals surface area (Å²) in [5.41, 5.74) is 0.288. The summed E-state index contributed by atoms with van der Waals surface area (Å²) in [6, 6.07) is 0.0275. The zero-order valence-electron chi connectivity index (χ0n) is 9.62. The number of halogens is 3. The molecule has 1 fully saturated rings. The van der Waals surface area contributed by atoms with E-state index in [4.69, 9.17) is 0 Å². The van der Waals surface area contributed by atoms with Gasteiger partial charge in [-0.05, 0) is 30.6 Å². The number of alkyl halides is 3. The summed E-state index contributed by atoms with van der Waals surface area (Å²) in [5.74, 6) is 0.330. The summed E-state index contributed by atoms with van der Waals surface area (Å²) >= 11 is 0. The summed E-state index contributed by atoms with van der Waals surface area (Å²) in [6.45, 7) is 5.55. The third-order valence-corrected chi connectivity index (χ3v) is 3.26. The molecule has 1 rings (SSSR count). The molecule has 0 aromatic carbocycles. The van der Waals surface area contributed by atoms with Gasteiger partial charge in [0.15, 0.2) is 0 Å². The Morgan fingerprint density at radius 3 is 2.40 bits per heavy atom. The van der Waals surface area contributed by atoms with Gasteiger partial charge in [-0.15, -0.1) is 0 Å². The van der Waals surface area contributed by atoms with Crippen LogP contribution in [0.3, 0.4) is 0 Å². The molecular weight excluding hydrogens is 203 g/mol. The molecule has 0 spiro atoms. The maximum atomic E-state index is 12.0. The summed E-state index contributed by atoms with van der Waals surface area (Å²) in [4.78, 5) is 0. The van der Waals surface area contributed by atoms with E-state index in [1.54, 1.807) is 0 Å². The Morgan fingerprint density at radius 2 is 1.93 bits per heavy atom. The SMILES string of the molecule is CC1CC(C)(C)CCC1NCC(F)(F)F. The summed E-state index contributed by atoms with van der Waals surface area (Å²) in [5, 5.41) is 2.62. The van der Waals surface area contributed by atoms with Crippen molar-refractivity contribution in [2.45, 2.75) is 52.3 Å². The fourth-order valence-electron chi connectivity index (χ4n) is 2.50. The topological polar surface area (TPSA) is 12.0 Å². The Kier molecular flexibility index (Phi) is 3.69. The van der Waals surface area contributed by atoms with Gasteiger partial charge in [-0.2, -0.15) is 13.2 Å². The monoisotopic (exact) mass is 223 g/mol. The lowest BCUT2D eigenvalue weighted by atomic mass is 9.70. The van der Waals surface area contributed by atoms with Gasteiger partial charge in [-0.25, -0.2) is 0 Å². The van der Waals surface area contributed by atoms with E-state index < -0.39 is 12.7 Å². The first kappa shape index (κ1) is 12.8. The second-order valence-electron chi connectivity index (χ2n) is 5.49. The van der Waals surface area contributed by atoms with Crippen molar-refractivity contribution < 1.29 is 13.2 Å².